The number of rotatable bonds is 6. The SMILES string of the molecule is CC(C1CC1)n1nccc1NC(=O)c1ccc(Oc2ccccc2)cc1. The van der Waals surface area contributed by atoms with Crippen molar-refractivity contribution in [3.63, 3.8) is 0 Å². The van der Waals surface area contributed by atoms with Crippen LogP contribution in [0.1, 0.15) is 36.2 Å². The Morgan fingerprint density at radius 2 is 1.77 bits per heavy atom. The van der Waals surface area contributed by atoms with Crippen LogP contribution in [0.5, 0.6) is 11.5 Å². The van der Waals surface area contributed by atoms with Crippen LogP contribution in [0.2, 0.25) is 0 Å². The Hall–Kier alpha value is -3.08. The van der Waals surface area contributed by atoms with Crippen molar-refractivity contribution >= 4 is 11.7 Å². The number of benzene rings is 2. The fourth-order valence-electron chi connectivity index (χ4n) is 3.00. The Labute approximate surface area is 152 Å². The summed E-state index contributed by atoms with van der Waals surface area (Å²) in [6, 6.07) is 18.8. The van der Waals surface area contributed by atoms with Crippen molar-refractivity contribution in [3.05, 3.63) is 72.4 Å². The molecule has 0 radical (unpaired) electrons. The molecule has 0 bridgehead atoms. The van der Waals surface area contributed by atoms with Crippen LogP contribution in [0.25, 0.3) is 0 Å². The molecule has 0 spiro atoms. The number of nitrogens with zero attached hydrogens (tertiary/aromatic N) is 2. The number of anilines is 1. The van der Waals surface area contributed by atoms with E-state index >= 15 is 0 Å². The van der Waals surface area contributed by atoms with Gasteiger partial charge in [-0.25, -0.2) is 4.68 Å². The van der Waals surface area contributed by atoms with Crippen LogP contribution in [0, 0.1) is 5.92 Å². The van der Waals surface area contributed by atoms with Crippen LogP contribution in [-0.4, -0.2) is 15.7 Å². The highest BCUT2D eigenvalue weighted by atomic mass is 16.5. The molecule has 132 valence electrons. The van der Waals surface area contributed by atoms with Crippen molar-refractivity contribution in [2.24, 2.45) is 5.92 Å². The third-order valence-corrected chi connectivity index (χ3v) is 4.70. The van der Waals surface area contributed by atoms with E-state index in [0.29, 0.717) is 23.3 Å². The van der Waals surface area contributed by atoms with Gasteiger partial charge in [-0.05, 0) is 62.1 Å². The summed E-state index contributed by atoms with van der Waals surface area (Å²) in [6.45, 7) is 2.15. The second kappa shape index (κ2) is 7.04. The molecular formula is C21H21N3O2. The first kappa shape index (κ1) is 16.4. The van der Waals surface area contributed by atoms with E-state index in [1.165, 1.54) is 12.8 Å². The summed E-state index contributed by atoms with van der Waals surface area (Å²) in [5, 5.41) is 7.33. The van der Waals surface area contributed by atoms with E-state index in [1.54, 1.807) is 30.5 Å². The zero-order valence-corrected chi connectivity index (χ0v) is 14.6. The van der Waals surface area contributed by atoms with Crippen LogP contribution in [0.4, 0.5) is 5.82 Å². The molecule has 4 rings (SSSR count). The molecule has 26 heavy (non-hydrogen) atoms. The van der Waals surface area contributed by atoms with Gasteiger partial charge in [0.15, 0.2) is 0 Å². The second-order valence-electron chi connectivity index (χ2n) is 6.63. The molecule has 1 amide bonds. The second-order valence-corrected chi connectivity index (χ2v) is 6.63. The highest BCUT2D eigenvalue weighted by molar-refractivity contribution is 6.03. The summed E-state index contributed by atoms with van der Waals surface area (Å²) >= 11 is 0. The highest BCUT2D eigenvalue weighted by Crippen LogP contribution is 2.40. The summed E-state index contributed by atoms with van der Waals surface area (Å²) < 4.78 is 7.66. The maximum atomic E-state index is 12.5. The number of aromatic nitrogens is 2. The molecule has 1 aromatic heterocycles. The van der Waals surface area contributed by atoms with E-state index in [-0.39, 0.29) is 5.91 Å². The number of carbonyl (C=O) groups excluding carboxylic acids is 1. The number of carbonyl (C=O) groups is 1. The number of ether oxygens (including phenoxy) is 1. The zero-order valence-electron chi connectivity index (χ0n) is 14.6. The largest absolute Gasteiger partial charge is 0.457 e. The summed E-state index contributed by atoms with van der Waals surface area (Å²) in [5.74, 6) is 2.71. The first-order valence-corrected chi connectivity index (χ1v) is 8.88. The van der Waals surface area contributed by atoms with E-state index in [2.05, 4.69) is 17.3 Å². The minimum Gasteiger partial charge on any atom is -0.457 e. The Bertz CT molecular complexity index is 883. The highest BCUT2D eigenvalue weighted by Gasteiger charge is 2.30. The predicted octanol–water partition coefficient (Wildman–Crippen LogP) is 4.90. The van der Waals surface area contributed by atoms with Crippen molar-refractivity contribution < 1.29 is 9.53 Å². The van der Waals surface area contributed by atoms with Gasteiger partial charge in [0.1, 0.15) is 17.3 Å². The zero-order chi connectivity index (χ0) is 17.9. The molecule has 1 atom stereocenters. The lowest BCUT2D eigenvalue weighted by atomic mass is 10.2. The Morgan fingerprint density at radius 1 is 1.08 bits per heavy atom. The molecule has 3 aromatic rings. The lowest BCUT2D eigenvalue weighted by molar-refractivity contribution is 0.102. The summed E-state index contributed by atoms with van der Waals surface area (Å²) in [5.41, 5.74) is 0.581. The van der Waals surface area contributed by atoms with Crippen LogP contribution in [0.3, 0.4) is 0 Å². The Kier molecular flexibility index (Phi) is 4.44. The lowest BCUT2D eigenvalue weighted by Crippen LogP contribution is -2.18. The fraction of sp³-hybridized carbons (Fsp3) is 0.238. The molecule has 1 saturated carbocycles. The van der Waals surface area contributed by atoms with Gasteiger partial charge in [-0.1, -0.05) is 18.2 Å². The van der Waals surface area contributed by atoms with Gasteiger partial charge in [-0.15, -0.1) is 0 Å². The maximum Gasteiger partial charge on any atom is 0.256 e. The van der Waals surface area contributed by atoms with Gasteiger partial charge in [0, 0.05) is 11.6 Å². The molecule has 5 heteroatoms. The molecule has 1 unspecified atom stereocenters. The van der Waals surface area contributed by atoms with Crippen molar-refractivity contribution in [1.82, 2.24) is 9.78 Å². The Morgan fingerprint density at radius 3 is 2.46 bits per heavy atom. The van der Waals surface area contributed by atoms with Crippen molar-refractivity contribution in [1.29, 1.82) is 0 Å². The first-order valence-electron chi connectivity index (χ1n) is 8.88. The third-order valence-electron chi connectivity index (χ3n) is 4.70. The molecule has 0 aliphatic heterocycles. The molecule has 1 heterocycles. The normalized spacial score (nSPS) is 14.7. The lowest BCUT2D eigenvalue weighted by Gasteiger charge is -2.15. The van der Waals surface area contributed by atoms with Crippen LogP contribution in [-0.2, 0) is 0 Å². The van der Waals surface area contributed by atoms with Crippen LogP contribution < -0.4 is 10.1 Å². The minimum absolute atomic E-state index is 0.152. The standard InChI is InChI=1S/C21H21N3O2/c1-15(16-7-8-16)24-20(13-14-22-24)23-21(25)17-9-11-19(12-10-17)26-18-5-3-2-4-6-18/h2-6,9-16H,7-8H2,1H3,(H,23,25). The van der Waals surface area contributed by atoms with Crippen LogP contribution in [0.15, 0.2) is 66.9 Å². The van der Waals surface area contributed by atoms with Crippen molar-refractivity contribution in [3.8, 4) is 11.5 Å². The molecule has 2 aromatic carbocycles. The molecule has 0 saturated heterocycles. The summed E-state index contributed by atoms with van der Waals surface area (Å²) in [6.07, 6.45) is 4.19. The third kappa shape index (κ3) is 3.61. The van der Waals surface area contributed by atoms with Gasteiger partial charge in [0.2, 0.25) is 0 Å². The summed E-state index contributed by atoms with van der Waals surface area (Å²) in [7, 11) is 0. The number of amides is 1. The van der Waals surface area contributed by atoms with Gasteiger partial charge in [-0.2, -0.15) is 5.10 Å². The molecule has 1 aliphatic carbocycles. The number of hydrogen-bond acceptors (Lipinski definition) is 3. The van der Waals surface area contributed by atoms with E-state index < -0.39 is 0 Å². The average Bonchev–Trinajstić information content (AvgIpc) is 3.42. The number of nitrogens with one attached hydrogen (secondary N) is 1. The molecule has 1 N–H and O–H groups in total. The smallest absolute Gasteiger partial charge is 0.256 e. The quantitative estimate of drug-likeness (QED) is 0.690. The van der Waals surface area contributed by atoms with Gasteiger partial charge in [-0.3, -0.25) is 4.79 Å². The number of para-hydroxylation sites is 1. The Balaban J connectivity index is 1.43. The fourth-order valence-corrected chi connectivity index (χ4v) is 3.00. The predicted molar refractivity (Wildman–Crippen MR) is 101 cm³/mol. The first-order chi connectivity index (χ1) is 12.7. The number of hydrogen-bond donors (Lipinski definition) is 1. The summed E-state index contributed by atoms with van der Waals surface area (Å²) in [4.78, 5) is 12.5. The van der Waals surface area contributed by atoms with Gasteiger partial charge >= 0.3 is 0 Å². The van der Waals surface area contributed by atoms with E-state index in [1.807, 2.05) is 41.1 Å². The van der Waals surface area contributed by atoms with E-state index in [4.69, 9.17) is 4.74 Å². The molecule has 1 aliphatic rings. The minimum atomic E-state index is -0.152. The molecular weight excluding hydrogens is 326 g/mol. The topological polar surface area (TPSA) is 56.2 Å². The van der Waals surface area contributed by atoms with Crippen molar-refractivity contribution in [2.75, 3.05) is 5.32 Å². The average molecular weight is 347 g/mol. The van der Waals surface area contributed by atoms with E-state index in [0.717, 1.165) is 11.6 Å². The molecule has 5 nitrogen and oxygen atoms in total. The van der Waals surface area contributed by atoms with Crippen LogP contribution >= 0.6 is 0 Å². The van der Waals surface area contributed by atoms with Gasteiger partial charge < -0.3 is 10.1 Å². The maximum absolute atomic E-state index is 12.5. The van der Waals surface area contributed by atoms with Gasteiger partial charge in [0.05, 0.1) is 12.2 Å². The molecule has 1 fully saturated rings. The van der Waals surface area contributed by atoms with Crippen molar-refractivity contribution in [2.45, 2.75) is 25.8 Å². The van der Waals surface area contributed by atoms with Gasteiger partial charge in [0.25, 0.3) is 5.91 Å². The monoisotopic (exact) mass is 347 g/mol. The van der Waals surface area contributed by atoms with E-state index in [9.17, 15) is 4.79 Å².